The molecule has 0 bridgehead atoms. The van der Waals surface area contributed by atoms with E-state index in [0.717, 1.165) is 23.5 Å². The molecule has 0 radical (unpaired) electrons. The Morgan fingerprint density at radius 2 is 1.85 bits per heavy atom. The second kappa shape index (κ2) is 6.95. The van der Waals surface area contributed by atoms with E-state index in [0.29, 0.717) is 12.0 Å². The number of hydrogen-bond donors (Lipinski definition) is 1. The average Bonchev–Trinajstić information content (AvgIpc) is 2.80. The fourth-order valence-electron chi connectivity index (χ4n) is 1.98. The predicted octanol–water partition coefficient (Wildman–Crippen LogP) is 3.90. The molecule has 3 nitrogen and oxygen atoms in total. The highest BCUT2D eigenvalue weighted by Crippen LogP contribution is 2.29. The molecule has 0 saturated carbocycles. The quantitative estimate of drug-likeness (QED) is 0.876. The van der Waals surface area contributed by atoms with Gasteiger partial charge in [0.25, 0.3) is 0 Å². The minimum atomic E-state index is 0.494. The molecule has 4 heteroatoms. The molecular weight excluding hydrogens is 266 g/mol. The number of nitrogens with zero attached hydrogens (tertiary/aromatic N) is 2. The van der Waals surface area contributed by atoms with Crippen molar-refractivity contribution in [2.45, 2.75) is 46.7 Å². The van der Waals surface area contributed by atoms with Gasteiger partial charge in [-0.05, 0) is 24.5 Å². The van der Waals surface area contributed by atoms with Crippen LogP contribution < -0.4 is 5.32 Å². The van der Waals surface area contributed by atoms with Gasteiger partial charge in [0, 0.05) is 35.4 Å². The molecule has 0 saturated heterocycles. The van der Waals surface area contributed by atoms with Gasteiger partial charge in [-0.3, -0.25) is 4.98 Å². The van der Waals surface area contributed by atoms with Crippen molar-refractivity contribution in [2.75, 3.05) is 0 Å². The third-order valence-electron chi connectivity index (χ3n) is 2.98. The number of aromatic nitrogens is 2. The lowest BCUT2D eigenvalue weighted by Crippen LogP contribution is -2.22. The van der Waals surface area contributed by atoms with Gasteiger partial charge in [-0.2, -0.15) is 0 Å². The minimum Gasteiger partial charge on any atom is -0.310 e. The second-order valence-electron chi connectivity index (χ2n) is 5.76. The fraction of sp³-hybridized carbons (Fsp3) is 0.500. The minimum absolute atomic E-state index is 0.494. The van der Waals surface area contributed by atoms with Crippen LogP contribution in [0.4, 0.5) is 0 Å². The van der Waals surface area contributed by atoms with E-state index < -0.39 is 0 Å². The van der Waals surface area contributed by atoms with E-state index in [2.05, 4.69) is 38.0 Å². The van der Waals surface area contributed by atoms with Crippen molar-refractivity contribution in [1.29, 1.82) is 0 Å². The topological polar surface area (TPSA) is 37.8 Å². The van der Waals surface area contributed by atoms with Gasteiger partial charge in [0.1, 0.15) is 5.01 Å². The number of hydrogen-bond acceptors (Lipinski definition) is 4. The summed E-state index contributed by atoms with van der Waals surface area (Å²) in [7, 11) is 0. The molecule has 0 aliphatic rings. The van der Waals surface area contributed by atoms with Crippen LogP contribution in [0, 0.1) is 5.92 Å². The molecule has 1 N–H and O–H groups in total. The highest BCUT2D eigenvalue weighted by Gasteiger charge is 2.13. The third kappa shape index (κ3) is 4.12. The summed E-state index contributed by atoms with van der Waals surface area (Å²) in [6, 6.07) is 4.54. The Balaban J connectivity index is 2.26. The molecule has 0 aliphatic carbocycles. The summed E-state index contributed by atoms with van der Waals surface area (Å²) >= 11 is 1.80. The summed E-state index contributed by atoms with van der Waals surface area (Å²) in [5.41, 5.74) is 2.40. The lowest BCUT2D eigenvalue weighted by Gasteiger charge is -2.08. The van der Waals surface area contributed by atoms with Crippen LogP contribution in [0.5, 0.6) is 0 Å². The highest BCUT2D eigenvalue weighted by atomic mass is 32.1. The smallest absolute Gasteiger partial charge is 0.124 e. The Hall–Kier alpha value is -1.26. The molecule has 20 heavy (non-hydrogen) atoms. The van der Waals surface area contributed by atoms with E-state index >= 15 is 0 Å². The maximum Gasteiger partial charge on any atom is 0.124 e. The SMILES string of the molecule is CC(C)Cc1nc(-c2ccncc2)sc1CNC(C)C. The van der Waals surface area contributed by atoms with Crippen LogP contribution in [-0.2, 0) is 13.0 Å². The van der Waals surface area contributed by atoms with Crippen LogP contribution in [0.15, 0.2) is 24.5 Å². The van der Waals surface area contributed by atoms with Gasteiger partial charge in [0.05, 0.1) is 5.69 Å². The van der Waals surface area contributed by atoms with Gasteiger partial charge in [0.15, 0.2) is 0 Å². The molecule has 2 aromatic rings. The van der Waals surface area contributed by atoms with Crippen LogP contribution in [0.3, 0.4) is 0 Å². The molecule has 0 aliphatic heterocycles. The first-order chi connectivity index (χ1) is 9.56. The zero-order valence-corrected chi connectivity index (χ0v) is 13.5. The van der Waals surface area contributed by atoms with Crippen molar-refractivity contribution in [3.63, 3.8) is 0 Å². The normalized spacial score (nSPS) is 11.5. The van der Waals surface area contributed by atoms with E-state index in [9.17, 15) is 0 Å². The van der Waals surface area contributed by atoms with Crippen molar-refractivity contribution < 1.29 is 0 Å². The van der Waals surface area contributed by atoms with Gasteiger partial charge < -0.3 is 5.32 Å². The van der Waals surface area contributed by atoms with Gasteiger partial charge in [0.2, 0.25) is 0 Å². The van der Waals surface area contributed by atoms with Crippen LogP contribution in [0.2, 0.25) is 0 Å². The number of nitrogens with one attached hydrogen (secondary N) is 1. The first-order valence-electron chi connectivity index (χ1n) is 7.18. The molecule has 2 rings (SSSR count). The monoisotopic (exact) mass is 289 g/mol. The summed E-state index contributed by atoms with van der Waals surface area (Å²) in [5, 5.41) is 4.60. The standard InChI is InChI=1S/C16H23N3S/c1-11(2)9-14-15(10-18-12(3)4)20-16(19-14)13-5-7-17-8-6-13/h5-8,11-12,18H,9-10H2,1-4H3. The fourth-order valence-corrected chi connectivity index (χ4v) is 3.03. The molecule has 2 heterocycles. The number of pyridine rings is 1. The maximum absolute atomic E-state index is 4.85. The van der Waals surface area contributed by atoms with E-state index in [1.165, 1.54) is 10.6 Å². The Labute approximate surface area is 125 Å². The van der Waals surface area contributed by atoms with E-state index in [1.54, 1.807) is 11.3 Å². The Morgan fingerprint density at radius 1 is 1.15 bits per heavy atom. The molecule has 0 amide bonds. The van der Waals surface area contributed by atoms with E-state index in [4.69, 9.17) is 4.98 Å². The molecule has 0 fully saturated rings. The molecule has 2 aromatic heterocycles. The highest BCUT2D eigenvalue weighted by molar-refractivity contribution is 7.15. The largest absolute Gasteiger partial charge is 0.310 e. The Bertz CT molecular complexity index is 532. The Kier molecular flexibility index (Phi) is 5.26. The first-order valence-corrected chi connectivity index (χ1v) is 8.00. The van der Waals surface area contributed by atoms with Crippen LogP contribution >= 0.6 is 11.3 Å². The van der Waals surface area contributed by atoms with Gasteiger partial charge in [-0.1, -0.05) is 27.7 Å². The van der Waals surface area contributed by atoms with E-state index in [-0.39, 0.29) is 0 Å². The Morgan fingerprint density at radius 3 is 2.45 bits per heavy atom. The predicted molar refractivity (Wildman–Crippen MR) is 85.9 cm³/mol. The summed E-state index contributed by atoms with van der Waals surface area (Å²) < 4.78 is 0. The first kappa shape index (κ1) is 15.1. The summed E-state index contributed by atoms with van der Waals surface area (Å²) in [5.74, 6) is 0.625. The van der Waals surface area contributed by atoms with Crippen molar-refractivity contribution in [1.82, 2.24) is 15.3 Å². The van der Waals surface area contributed by atoms with Crippen LogP contribution in [0.25, 0.3) is 10.6 Å². The molecule has 0 atom stereocenters. The van der Waals surface area contributed by atoms with Gasteiger partial charge in [-0.15, -0.1) is 11.3 Å². The molecule has 0 aromatic carbocycles. The lowest BCUT2D eigenvalue weighted by molar-refractivity contribution is 0.581. The van der Waals surface area contributed by atoms with Crippen molar-refractivity contribution in [2.24, 2.45) is 5.92 Å². The van der Waals surface area contributed by atoms with Gasteiger partial charge >= 0.3 is 0 Å². The zero-order chi connectivity index (χ0) is 14.5. The van der Waals surface area contributed by atoms with Crippen LogP contribution in [-0.4, -0.2) is 16.0 Å². The zero-order valence-electron chi connectivity index (χ0n) is 12.7. The third-order valence-corrected chi connectivity index (χ3v) is 4.12. The van der Waals surface area contributed by atoms with Crippen molar-refractivity contribution in [3.05, 3.63) is 35.1 Å². The molecule has 108 valence electrons. The summed E-state index contributed by atoms with van der Waals surface area (Å²) in [6.45, 7) is 9.73. The van der Waals surface area contributed by atoms with E-state index in [1.807, 2.05) is 24.5 Å². The number of rotatable bonds is 6. The lowest BCUT2D eigenvalue weighted by atomic mass is 10.1. The molecule has 0 unspecified atom stereocenters. The average molecular weight is 289 g/mol. The molecular formula is C16H23N3S. The van der Waals surface area contributed by atoms with Crippen molar-refractivity contribution >= 4 is 11.3 Å². The molecule has 0 spiro atoms. The van der Waals surface area contributed by atoms with Crippen LogP contribution in [0.1, 0.15) is 38.3 Å². The number of thiazole rings is 1. The second-order valence-corrected chi connectivity index (χ2v) is 6.84. The van der Waals surface area contributed by atoms with Crippen molar-refractivity contribution in [3.8, 4) is 10.6 Å². The van der Waals surface area contributed by atoms with Gasteiger partial charge in [-0.25, -0.2) is 4.98 Å². The summed E-state index contributed by atoms with van der Waals surface area (Å²) in [4.78, 5) is 10.3. The maximum atomic E-state index is 4.85. The summed E-state index contributed by atoms with van der Waals surface area (Å²) in [6.07, 6.45) is 4.69.